The van der Waals surface area contributed by atoms with Gasteiger partial charge in [-0.05, 0) is 49.1 Å². The van der Waals surface area contributed by atoms with Gasteiger partial charge in [-0.25, -0.2) is 14.2 Å². The first-order chi connectivity index (χ1) is 14.1. The highest BCUT2D eigenvalue weighted by Gasteiger charge is 2.26. The number of urea groups is 1. The zero-order valence-electron chi connectivity index (χ0n) is 16.5. The van der Waals surface area contributed by atoms with E-state index < -0.39 is 6.03 Å². The fraction of sp³-hybridized carbons (Fsp3) is 0.409. The number of piperidine rings is 1. The summed E-state index contributed by atoms with van der Waals surface area (Å²) in [6.07, 6.45) is 2.32. The van der Waals surface area contributed by atoms with Crippen molar-refractivity contribution in [2.24, 2.45) is 0 Å². The molecule has 6 nitrogen and oxygen atoms in total. The van der Waals surface area contributed by atoms with E-state index in [-0.39, 0.29) is 11.9 Å². The van der Waals surface area contributed by atoms with Crippen LogP contribution in [-0.2, 0) is 6.54 Å². The Hall–Kier alpha value is -2.64. The normalized spacial score (nSPS) is 15.1. The minimum absolute atomic E-state index is 0.169. The summed E-state index contributed by atoms with van der Waals surface area (Å²) in [5, 5.41) is 13.8. The van der Waals surface area contributed by atoms with E-state index in [0.717, 1.165) is 49.5 Å². The van der Waals surface area contributed by atoms with Crippen molar-refractivity contribution in [3.63, 3.8) is 0 Å². The van der Waals surface area contributed by atoms with Crippen LogP contribution in [0.25, 0.3) is 0 Å². The lowest BCUT2D eigenvalue weighted by Gasteiger charge is -2.35. The molecular weight excluding hydrogens is 373 g/mol. The highest BCUT2D eigenvalue weighted by Crippen LogP contribution is 2.16. The minimum Gasteiger partial charge on any atom is -0.494 e. The summed E-state index contributed by atoms with van der Waals surface area (Å²) in [5.74, 6) is 0.398. The summed E-state index contributed by atoms with van der Waals surface area (Å²) < 4.78 is 18.5. The summed E-state index contributed by atoms with van der Waals surface area (Å²) in [6, 6.07) is 15.0. The highest BCUT2D eigenvalue weighted by atomic mass is 19.1. The molecule has 3 rings (SSSR count). The van der Waals surface area contributed by atoms with Gasteiger partial charge in [0.25, 0.3) is 0 Å². The van der Waals surface area contributed by atoms with Gasteiger partial charge in [0, 0.05) is 26.2 Å². The molecule has 1 aliphatic heterocycles. The second-order valence-corrected chi connectivity index (χ2v) is 7.22. The molecule has 1 saturated heterocycles. The molecule has 0 aliphatic carbocycles. The molecule has 0 radical (unpaired) electrons. The van der Waals surface area contributed by atoms with Crippen molar-refractivity contribution >= 4 is 6.03 Å². The molecule has 7 heteroatoms. The van der Waals surface area contributed by atoms with E-state index in [2.05, 4.69) is 10.2 Å². The number of hydrogen-bond acceptors (Lipinski definition) is 4. The quantitative estimate of drug-likeness (QED) is 0.403. The second-order valence-electron chi connectivity index (χ2n) is 7.22. The molecule has 0 atom stereocenters. The molecule has 1 fully saturated rings. The molecular formula is C22H28FN3O3. The van der Waals surface area contributed by atoms with Gasteiger partial charge in [0.1, 0.15) is 11.6 Å². The molecule has 0 aromatic heterocycles. The van der Waals surface area contributed by atoms with Crippen LogP contribution in [0.3, 0.4) is 0 Å². The smallest absolute Gasteiger partial charge is 0.341 e. The predicted octanol–water partition coefficient (Wildman–Crippen LogP) is 3.66. The lowest BCUT2D eigenvalue weighted by atomic mass is 10.0. The Morgan fingerprint density at radius 1 is 1.14 bits per heavy atom. The Labute approximate surface area is 170 Å². The van der Waals surface area contributed by atoms with Crippen LogP contribution in [0.2, 0.25) is 0 Å². The average molecular weight is 401 g/mol. The van der Waals surface area contributed by atoms with Crippen LogP contribution in [0.4, 0.5) is 9.18 Å². The van der Waals surface area contributed by atoms with Gasteiger partial charge in [-0.15, -0.1) is 0 Å². The fourth-order valence-electron chi connectivity index (χ4n) is 3.42. The SMILES string of the molecule is O=C(NCc1ccccc1)N(O)C1CCN(CCCOc2ccc(F)cc2)CC1. The van der Waals surface area contributed by atoms with Crippen LogP contribution in [0.15, 0.2) is 54.6 Å². The minimum atomic E-state index is -0.458. The zero-order valence-corrected chi connectivity index (χ0v) is 16.5. The van der Waals surface area contributed by atoms with E-state index in [9.17, 15) is 14.4 Å². The van der Waals surface area contributed by atoms with Gasteiger partial charge in [0.15, 0.2) is 0 Å². The Morgan fingerprint density at radius 3 is 2.52 bits per heavy atom. The third-order valence-electron chi connectivity index (χ3n) is 5.10. The molecule has 0 saturated carbocycles. The molecule has 1 heterocycles. The first-order valence-electron chi connectivity index (χ1n) is 10.0. The third-order valence-corrected chi connectivity index (χ3v) is 5.10. The van der Waals surface area contributed by atoms with Crippen molar-refractivity contribution in [1.82, 2.24) is 15.3 Å². The first kappa shape index (κ1) is 21.1. The maximum atomic E-state index is 12.9. The van der Waals surface area contributed by atoms with E-state index in [0.29, 0.717) is 18.9 Å². The lowest BCUT2D eigenvalue weighted by Crippen LogP contribution is -2.49. The van der Waals surface area contributed by atoms with Gasteiger partial charge in [0.05, 0.1) is 12.6 Å². The number of nitrogens with one attached hydrogen (secondary N) is 1. The summed E-state index contributed by atoms with van der Waals surface area (Å²) in [4.78, 5) is 14.5. The molecule has 2 amide bonds. The summed E-state index contributed by atoms with van der Waals surface area (Å²) in [6.45, 7) is 3.50. The van der Waals surface area contributed by atoms with Crippen molar-refractivity contribution in [2.75, 3.05) is 26.2 Å². The number of carbonyl (C=O) groups is 1. The lowest BCUT2D eigenvalue weighted by molar-refractivity contribution is -0.0927. The van der Waals surface area contributed by atoms with E-state index in [1.165, 1.54) is 12.1 Å². The van der Waals surface area contributed by atoms with Crippen molar-refractivity contribution in [2.45, 2.75) is 31.8 Å². The topological polar surface area (TPSA) is 65.0 Å². The van der Waals surface area contributed by atoms with Crippen LogP contribution in [-0.4, -0.2) is 53.5 Å². The number of hydroxylamine groups is 2. The Bertz CT molecular complexity index is 750. The average Bonchev–Trinajstić information content (AvgIpc) is 2.77. The maximum absolute atomic E-state index is 12.9. The number of rotatable bonds is 8. The van der Waals surface area contributed by atoms with Crippen LogP contribution >= 0.6 is 0 Å². The van der Waals surface area contributed by atoms with Crippen molar-refractivity contribution in [3.8, 4) is 5.75 Å². The van der Waals surface area contributed by atoms with Gasteiger partial charge < -0.3 is 15.0 Å². The van der Waals surface area contributed by atoms with Crippen LogP contribution < -0.4 is 10.1 Å². The number of likely N-dealkylation sites (tertiary alicyclic amines) is 1. The highest BCUT2D eigenvalue weighted by molar-refractivity contribution is 5.73. The van der Waals surface area contributed by atoms with Crippen molar-refractivity contribution < 1.29 is 19.1 Å². The predicted molar refractivity (Wildman–Crippen MR) is 108 cm³/mol. The molecule has 156 valence electrons. The number of benzene rings is 2. The monoisotopic (exact) mass is 401 g/mol. The molecule has 0 unspecified atom stereocenters. The van der Waals surface area contributed by atoms with Crippen LogP contribution in [0.1, 0.15) is 24.8 Å². The van der Waals surface area contributed by atoms with Gasteiger partial charge >= 0.3 is 6.03 Å². The number of hydrogen-bond donors (Lipinski definition) is 2. The van der Waals surface area contributed by atoms with Crippen LogP contribution in [0, 0.1) is 5.82 Å². The Morgan fingerprint density at radius 2 is 1.83 bits per heavy atom. The first-order valence-corrected chi connectivity index (χ1v) is 10.0. The van der Waals surface area contributed by atoms with Gasteiger partial charge in [-0.2, -0.15) is 0 Å². The number of amides is 2. The van der Waals surface area contributed by atoms with Crippen molar-refractivity contribution in [3.05, 3.63) is 66.0 Å². The summed E-state index contributed by atoms with van der Waals surface area (Å²) >= 11 is 0. The third kappa shape index (κ3) is 6.73. The molecule has 2 aromatic rings. The maximum Gasteiger partial charge on any atom is 0.341 e. The number of carbonyl (C=O) groups excluding carboxylic acids is 1. The molecule has 2 aromatic carbocycles. The number of nitrogens with zero attached hydrogens (tertiary/aromatic N) is 2. The van der Waals surface area contributed by atoms with Gasteiger partial charge in [0.2, 0.25) is 0 Å². The zero-order chi connectivity index (χ0) is 20.5. The largest absolute Gasteiger partial charge is 0.494 e. The van der Waals surface area contributed by atoms with E-state index in [4.69, 9.17) is 4.74 Å². The van der Waals surface area contributed by atoms with E-state index in [1.54, 1.807) is 12.1 Å². The van der Waals surface area contributed by atoms with Gasteiger partial charge in [-0.3, -0.25) is 5.21 Å². The Kier molecular flexibility index (Phi) is 7.84. The molecule has 1 aliphatic rings. The molecule has 29 heavy (non-hydrogen) atoms. The number of halogens is 1. The summed E-state index contributed by atoms with van der Waals surface area (Å²) in [7, 11) is 0. The second kappa shape index (κ2) is 10.8. The van der Waals surface area contributed by atoms with Gasteiger partial charge in [-0.1, -0.05) is 30.3 Å². The van der Waals surface area contributed by atoms with Crippen molar-refractivity contribution in [1.29, 1.82) is 0 Å². The molecule has 0 bridgehead atoms. The molecule has 2 N–H and O–H groups in total. The standard InChI is InChI=1S/C22H28FN3O3/c23-19-7-9-21(10-8-19)29-16-4-13-25-14-11-20(12-15-25)26(28)22(27)24-17-18-5-2-1-3-6-18/h1-3,5-10,20,28H,4,11-17H2,(H,24,27). The molecule has 0 spiro atoms. The van der Waals surface area contributed by atoms with Crippen LogP contribution in [0.5, 0.6) is 5.75 Å². The number of ether oxygens (including phenoxy) is 1. The summed E-state index contributed by atoms with van der Waals surface area (Å²) in [5.41, 5.74) is 0.993. The van der Waals surface area contributed by atoms with E-state index >= 15 is 0 Å². The Balaban J connectivity index is 1.30. The fourth-order valence-corrected chi connectivity index (χ4v) is 3.42. The van der Waals surface area contributed by atoms with E-state index in [1.807, 2.05) is 30.3 Å².